The molecule has 5 nitrogen and oxygen atoms in total. The van der Waals surface area contributed by atoms with E-state index in [0.717, 1.165) is 6.42 Å². The second-order valence-electron chi connectivity index (χ2n) is 5.91. The Kier molecular flexibility index (Phi) is 6.12. The molecule has 0 bridgehead atoms. The number of urea groups is 1. The Balaban J connectivity index is 2.19. The number of aliphatic carboxylic acids is 1. The first-order chi connectivity index (χ1) is 8.90. The van der Waals surface area contributed by atoms with E-state index in [-0.39, 0.29) is 24.4 Å². The summed E-state index contributed by atoms with van der Waals surface area (Å²) in [6, 6.07) is 0.137. The number of amides is 2. The zero-order chi connectivity index (χ0) is 14.4. The van der Waals surface area contributed by atoms with Gasteiger partial charge in [0.15, 0.2) is 0 Å². The smallest absolute Gasteiger partial charge is 0.315 e. The summed E-state index contributed by atoms with van der Waals surface area (Å²) < 4.78 is 0. The van der Waals surface area contributed by atoms with Gasteiger partial charge in [-0.05, 0) is 37.0 Å². The number of rotatable bonds is 6. The fraction of sp³-hybridized carbons (Fsp3) is 0.857. The van der Waals surface area contributed by atoms with Gasteiger partial charge in [0.05, 0.1) is 0 Å². The molecule has 4 unspecified atom stereocenters. The lowest BCUT2D eigenvalue weighted by Crippen LogP contribution is -2.44. The third-order valence-electron chi connectivity index (χ3n) is 4.24. The number of carbonyl (C=O) groups excluding carboxylic acids is 1. The number of hydrogen-bond acceptors (Lipinski definition) is 2. The standard InChI is InChI=1S/C14H26N2O3/c1-9(4-7-13(17)18)8-15-14(19)16-12-6-5-10(2)11(12)3/h9-12H,4-8H2,1-3H3,(H,17,18)(H2,15,16,19). The lowest BCUT2D eigenvalue weighted by Gasteiger charge is -2.20. The van der Waals surface area contributed by atoms with Crippen LogP contribution >= 0.6 is 0 Å². The van der Waals surface area contributed by atoms with Crippen molar-refractivity contribution in [3.05, 3.63) is 0 Å². The van der Waals surface area contributed by atoms with E-state index in [0.29, 0.717) is 24.8 Å². The van der Waals surface area contributed by atoms with Crippen LogP contribution in [-0.4, -0.2) is 29.7 Å². The van der Waals surface area contributed by atoms with Gasteiger partial charge in [0.2, 0.25) is 0 Å². The molecule has 1 aliphatic rings. The monoisotopic (exact) mass is 270 g/mol. The van der Waals surface area contributed by atoms with Gasteiger partial charge in [-0.15, -0.1) is 0 Å². The third-order valence-corrected chi connectivity index (χ3v) is 4.24. The van der Waals surface area contributed by atoms with Gasteiger partial charge in [-0.2, -0.15) is 0 Å². The Labute approximate surface area is 115 Å². The van der Waals surface area contributed by atoms with E-state index >= 15 is 0 Å². The first kappa shape index (κ1) is 15.8. The van der Waals surface area contributed by atoms with Gasteiger partial charge in [0, 0.05) is 19.0 Å². The van der Waals surface area contributed by atoms with Crippen LogP contribution in [0.25, 0.3) is 0 Å². The molecule has 0 heterocycles. The maximum Gasteiger partial charge on any atom is 0.315 e. The number of carbonyl (C=O) groups is 2. The van der Waals surface area contributed by atoms with Crippen molar-refractivity contribution in [2.75, 3.05) is 6.54 Å². The van der Waals surface area contributed by atoms with E-state index in [1.165, 1.54) is 6.42 Å². The summed E-state index contributed by atoms with van der Waals surface area (Å²) >= 11 is 0. The number of carboxylic acids is 1. The van der Waals surface area contributed by atoms with Gasteiger partial charge in [0.25, 0.3) is 0 Å². The molecule has 2 amide bonds. The average Bonchev–Trinajstić information content (AvgIpc) is 2.66. The van der Waals surface area contributed by atoms with Gasteiger partial charge < -0.3 is 15.7 Å². The molecule has 110 valence electrons. The predicted molar refractivity (Wildman–Crippen MR) is 73.9 cm³/mol. The third kappa shape index (κ3) is 5.49. The summed E-state index contributed by atoms with van der Waals surface area (Å²) in [6.07, 6.45) is 2.96. The fourth-order valence-electron chi connectivity index (χ4n) is 2.53. The Hall–Kier alpha value is -1.26. The highest BCUT2D eigenvalue weighted by Crippen LogP contribution is 2.30. The van der Waals surface area contributed by atoms with E-state index < -0.39 is 5.97 Å². The normalized spacial score (nSPS) is 27.8. The molecule has 0 spiro atoms. The van der Waals surface area contributed by atoms with Crippen LogP contribution in [0.2, 0.25) is 0 Å². The number of hydrogen-bond donors (Lipinski definition) is 3. The molecule has 1 aliphatic carbocycles. The predicted octanol–water partition coefficient (Wildman–Crippen LogP) is 2.22. The molecule has 1 saturated carbocycles. The molecule has 4 atom stereocenters. The SMILES string of the molecule is CC(CCC(=O)O)CNC(=O)NC1CCC(C)C1C. The highest BCUT2D eigenvalue weighted by atomic mass is 16.4. The number of carboxylic acid groups (broad SMARTS) is 1. The van der Waals surface area contributed by atoms with Crippen molar-refractivity contribution in [2.45, 2.75) is 52.5 Å². The lowest BCUT2D eigenvalue weighted by atomic mass is 9.98. The minimum Gasteiger partial charge on any atom is -0.481 e. The molecule has 1 rings (SSSR count). The molecule has 0 aliphatic heterocycles. The highest BCUT2D eigenvalue weighted by Gasteiger charge is 2.30. The molecular formula is C14H26N2O3. The molecule has 3 N–H and O–H groups in total. The Morgan fingerprint density at radius 3 is 2.53 bits per heavy atom. The van der Waals surface area contributed by atoms with Crippen LogP contribution in [0.3, 0.4) is 0 Å². The Bertz CT molecular complexity index is 320. The molecule has 19 heavy (non-hydrogen) atoms. The minimum atomic E-state index is -0.787. The lowest BCUT2D eigenvalue weighted by molar-refractivity contribution is -0.137. The van der Waals surface area contributed by atoms with Crippen molar-refractivity contribution in [2.24, 2.45) is 17.8 Å². The zero-order valence-corrected chi connectivity index (χ0v) is 12.1. The summed E-state index contributed by atoms with van der Waals surface area (Å²) in [5, 5.41) is 14.4. The Morgan fingerprint density at radius 2 is 2.00 bits per heavy atom. The molecular weight excluding hydrogens is 244 g/mol. The van der Waals surface area contributed by atoms with Crippen LogP contribution in [0.15, 0.2) is 0 Å². The van der Waals surface area contributed by atoms with E-state index in [1.807, 2.05) is 6.92 Å². The van der Waals surface area contributed by atoms with E-state index in [4.69, 9.17) is 5.11 Å². The van der Waals surface area contributed by atoms with Crippen molar-refractivity contribution in [3.63, 3.8) is 0 Å². The highest BCUT2D eigenvalue weighted by molar-refractivity contribution is 5.74. The molecule has 1 fully saturated rings. The van der Waals surface area contributed by atoms with Crippen LogP contribution in [0.1, 0.15) is 46.5 Å². The molecule has 0 aromatic carbocycles. The van der Waals surface area contributed by atoms with Gasteiger partial charge in [0.1, 0.15) is 0 Å². The van der Waals surface area contributed by atoms with Crippen LogP contribution in [0, 0.1) is 17.8 Å². The van der Waals surface area contributed by atoms with E-state index in [1.54, 1.807) is 0 Å². The van der Waals surface area contributed by atoms with Crippen LogP contribution in [-0.2, 0) is 4.79 Å². The first-order valence-electron chi connectivity index (χ1n) is 7.16. The summed E-state index contributed by atoms with van der Waals surface area (Å²) in [5.74, 6) is 0.585. The van der Waals surface area contributed by atoms with Gasteiger partial charge in [-0.1, -0.05) is 20.8 Å². The maximum atomic E-state index is 11.8. The molecule has 0 aromatic heterocycles. The van der Waals surface area contributed by atoms with Crippen LogP contribution < -0.4 is 10.6 Å². The summed E-state index contributed by atoms with van der Waals surface area (Å²) in [6.45, 7) is 6.87. The summed E-state index contributed by atoms with van der Waals surface area (Å²) in [4.78, 5) is 22.2. The van der Waals surface area contributed by atoms with Crippen molar-refractivity contribution >= 4 is 12.0 Å². The topological polar surface area (TPSA) is 78.4 Å². The maximum absolute atomic E-state index is 11.8. The van der Waals surface area contributed by atoms with Crippen molar-refractivity contribution in [1.29, 1.82) is 0 Å². The largest absolute Gasteiger partial charge is 0.481 e. The van der Waals surface area contributed by atoms with Crippen molar-refractivity contribution in [3.8, 4) is 0 Å². The van der Waals surface area contributed by atoms with Crippen LogP contribution in [0.4, 0.5) is 4.79 Å². The molecule has 0 saturated heterocycles. The molecule has 5 heteroatoms. The number of nitrogens with one attached hydrogen (secondary N) is 2. The van der Waals surface area contributed by atoms with Crippen LogP contribution in [0.5, 0.6) is 0 Å². The summed E-state index contributed by atoms with van der Waals surface area (Å²) in [5.41, 5.74) is 0. The van der Waals surface area contributed by atoms with E-state index in [2.05, 4.69) is 24.5 Å². The second kappa shape index (κ2) is 7.36. The van der Waals surface area contributed by atoms with Crippen molar-refractivity contribution < 1.29 is 14.7 Å². The minimum absolute atomic E-state index is 0.131. The van der Waals surface area contributed by atoms with Gasteiger partial charge in [-0.25, -0.2) is 4.79 Å². The van der Waals surface area contributed by atoms with Gasteiger partial charge >= 0.3 is 12.0 Å². The molecule has 0 radical (unpaired) electrons. The zero-order valence-electron chi connectivity index (χ0n) is 12.1. The first-order valence-corrected chi connectivity index (χ1v) is 7.16. The van der Waals surface area contributed by atoms with Crippen molar-refractivity contribution in [1.82, 2.24) is 10.6 Å². The Morgan fingerprint density at radius 1 is 1.32 bits per heavy atom. The second-order valence-corrected chi connectivity index (χ2v) is 5.91. The quantitative estimate of drug-likeness (QED) is 0.692. The van der Waals surface area contributed by atoms with E-state index in [9.17, 15) is 9.59 Å². The fourth-order valence-corrected chi connectivity index (χ4v) is 2.53. The average molecular weight is 270 g/mol. The summed E-state index contributed by atoms with van der Waals surface area (Å²) in [7, 11) is 0. The molecule has 0 aromatic rings. The van der Waals surface area contributed by atoms with Gasteiger partial charge in [-0.3, -0.25) is 4.79 Å².